The molecule has 0 atom stereocenters. The highest BCUT2D eigenvalue weighted by Crippen LogP contribution is 2.20. The predicted octanol–water partition coefficient (Wildman–Crippen LogP) is 6.74. The van der Waals surface area contributed by atoms with Crippen molar-refractivity contribution in [3.63, 3.8) is 0 Å². The zero-order chi connectivity index (χ0) is 27.5. The van der Waals surface area contributed by atoms with Gasteiger partial charge in [0.15, 0.2) is 11.6 Å². The average Bonchev–Trinajstić information content (AvgIpc) is 2.96. The highest BCUT2D eigenvalue weighted by molar-refractivity contribution is 6.07. The Labute approximate surface area is 226 Å². The number of carbonyl (C=O) groups excluding carboxylic acids is 2. The highest BCUT2D eigenvalue weighted by Gasteiger charge is 2.18. The number of aliphatic carboxylic acids is 1. The van der Waals surface area contributed by atoms with Gasteiger partial charge in [-0.3, -0.25) is 14.4 Å². The maximum absolute atomic E-state index is 12.5. The van der Waals surface area contributed by atoms with E-state index in [1.807, 2.05) is 60.7 Å². The van der Waals surface area contributed by atoms with Crippen molar-refractivity contribution < 1.29 is 29.0 Å². The molecule has 6 heteroatoms. The number of hydrogen-bond donors (Lipinski definition) is 1. The second kappa shape index (κ2) is 13.4. The number of carbonyl (C=O) groups is 3. The van der Waals surface area contributed by atoms with Crippen LogP contribution in [0.3, 0.4) is 0 Å². The Morgan fingerprint density at radius 1 is 0.590 bits per heavy atom. The van der Waals surface area contributed by atoms with Crippen molar-refractivity contribution in [2.24, 2.45) is 0 Å². The third-order valence-electron chi connectivity index (χ3n) is 5.61. The molecule has 0 saturated heterocycles. The van der Waals surface area contributed by atoms with Crippen molar-refractivity contribution >= 4 is 29.7 Å². The summed E-state index contributed by atoms with van der Waals surface area (Å²) < 4.78 is 11.5. The number of ketones is 2. The number of ether oxygens (including phenoxy) is 2. The maximum Gasteiger partial charge on any atom is 0.310 e. The summed E-state index contributed by atoms with van der Waals surface area (Å²) in [4.78, 5) is 36.3. The van der Waals surface area contributed by atoms with Crippen LogP contribution in [0, 0.1) is 0 Å². The molecule has 0 fully saturated rings. The Bertz CT molecular complexity index is 1350. The van der Waals surface area contributed by atoms with E-state index in [2.05, 4.69) is 0 Å². The first-order valence-corrected chi connectivity index (χ1v) is 12.3. The normalized spacial score (nSPS) is 11.1. The van der Waals surface area contributed by atoms with Gasteiger partial charge in [-0.1, -0.05) is 72.8 Å². The molecule has 0 amide bonds. The van der Waals surface area contributed by atoms with E-state index in [0.717, 1.165) is 11.1 Å². The Balaban J connectivity index is 1.37. The molecule has 39 heavy (non-hydrogen) atoms. The molecule has 4 aromatic carbocycles. The van der Waals surface area contributed by atoms with Crippen LogP contribution in [0.15, 0.2) is 121 Å². The Morgan fingerprint density at radius 3 is 1.33 bits per heavy atom. The molecule has 0 unspecified atom stereocenters. The van der Waals surface area contributed by atoms with Crippen LogP contribution in [0.4, 0.5) is 0 Å². The summed E-state index contributed by atoms with van der Waals surface area (Å²) in [6, 6.07) is 31.7. The van der Waals surface area contributed by atoms with Gasteiger partial charge in [0, 0.05) is 11.1 Å². The van der Waals surface area contributed by atoms with E-state index in [1.165, 1.54) is 12.2 Å². The monoisotopic (exact) mass is 518 g/mol. The van der Waals surface area contributed by atoms with Crippen LogP contribution in [-0.2, 0) is 4.79 Å². The molecular weight excluding hydrogens is 492 g/mol. The van der Waals surface area contributed by atoms with Gasteiger partial charge >= 0.3 is 5.97 Å². The molecule has 6 nitrogen and oxygen atoms in total. The first-order chi connectivity index (χ1) is 19.0. The molecule has 0 aliphatic carbocycles. The summed E-state index contributed by atoms with van der Waals surface area (Å²) in [5, 5.41) is 9.32. The van der Waals surface area contributed by atoms with Crippen LogP contribution in [0.2, 0.25) is 0 Å². The van der Waals surface area contributed by atoms with Gasteiger partial charge in [-0.15, -0.1) is 0 Å². The molecule has 0 spiro atoms. The molecule has 0 bridgehead atoms. The fourth-order valence-electron chi connectivity index (χ4n) is 3.61. The lowest BCUT2D eigenvalue weighted by molar-refractivity contribution is -0.142. The van der Waals surface area contributed by atoms with Crippen molar-refractivity contribution in [2.45, 2.75) is 12.7 Å². The number of allylic oxidation sites excluding steroid dienone is 2. The van der Waals surface area contributed by atoms with Gasteiger partial charge in [0.05, 0.1) is 0 Å². The van der Waals surface area contributed by atoms with E-state index >= 15 is 0 Å². The molecule has 4 rings (SSSR count). The molecular formula is C33H26O6. The maximum atomic E-state index is 12.5. The lowest BCUT2D eigenvalue weighted by Crippen LogP contribution is -2.27. The summed E-state index contributed by atoms with van der Waals surface area (Å²) in [5.74, 6) is -0.741. The van der Waals surface area contributed by atoms with Gasteiger partial charge < -0.3 is 14.6 Å². The van der Waals surface area contributed by atoms with Gasteiger partial charge in [-0.05, 0) is 71.8 Å². The van der Waals surface area contributed by atoms with Crippen LogP contribution < -0.4 is 9.47 Å². The minimum absolute atomic E-state index is 0.169. The van der Waals surface area contributed by atoms with Crippen molar-refractivity contribution in [1.29, 1.82) is 0 Å². The fraction of sp³-hybridized carbons (Fsp3) is 0.0606. The third-order valence-corrected chi connectivity index (χ3v) is 5.61. The first kappa shape index (κ1) is 26.8. The highest BCUT2D eigenvalue weighted by atomic mass is 16.7. The molecule has 0 saturated carbocycles. The van der Waals surface area contributed by atoms with Crippen LogP contribution in [0.5, 0.6) is 11.5 Å². The van der Waals surface area contributed by atoms with Crippen molar-refractivity contribution in [2.75, 3.05) is 0 Å². The largest absolute Gasteiger partial charge is 0.481 e. The summed E-state index contributed by atoms with van der Waals surface area (Å²) in [7, 11) is 0. The second-order valence-electron chi connectivity index (χ2n) is 8.53. The average molecular weight is 519 g/mol. The van der Waals surface area contributed by atoms with Gasteiger partial charge in [-0.2, -0.15) is 0 Å². The Kier molecular flexibility index (Phi) is 9.18. The summed E-state index contributed by atoms with van der Waals surface area (Å²) in [6.07, 6.45) is 4.92. The first-order valence-electron chi connectivity index (χ1n) is 12.3. The zero-order valence-corrected chi connectivity index (χ0v) is 21.0. The summed E-state index contributed by atoms with van der Waals surface area (Å²) >= 11 is 0. The predicted molar refractivity (Wildman–Crippen MR) is 150 cm³/mol. The van der Waals surface area contributed by atoms with Gasteiger partial charge in [0.1, 0.15) is 17.9 Å². The second-order valence-corrected chi connectivity index (χ2v) is 8.53. The van der Waals surface area contributed by atoms with Crippen LogP contribution in [0.1, 0.15) is 38.3 Å². The Morgan fingerprint density at radius 2 is 0.974 bits per heavy atom. The number of rotatable bonds is 12. The smallest absolute Gasteiger partial charge is 0.310 e. The molecule has 4 aromatic rings. The minimum atomic E-state index is -1.12. The molecule has 0 radical (unpaired) electrons. The molecule has 1 N–H and O–H groups in total. The number of hydrogen-bond acceptors (Lipinski definition) is 5. The molecule has 0 aromatic heterocycles. The molecule has 0 aliphatic heterocycles. The SMILES string of the molecule is O=C(O)CC(Oc1ccc(C(=O)/C=C/c2ccccc2)cc1)Oc1ccc(C(=O)/C=C/c2ccccc2)cc1. The van der Waals surface area contributed by atoms with E-state index in [0.29, 0.717) is 22.6 Å². The number of carboxylic acid groups (broad SMARTS) is 1. The van der Waals surface area contributed by atoms with Crippen molar-refractivity contribution in [3.8, 4) is 11.5 Å². The van der Waals surface area contributed by atoms with E-state index in [4.69, 9.17) is 9.47 Å². The number of benzene rings is 4. The van der Waals surface area contributed by atoms with E-state index in [-0.39, 0.29) is 11.6 Å². The lowest BCUT2D eigenvalue weighted by atomic mass is 10.1. The van der Waals surface area contributed by atoms with Crippen molar-refractivity contribution in [3.05, 3.63) is 144 Å². The molecule has 0 heterocycles. The topological polar surface area (TPSA) is 89.9 Å². The van der Waals surface area contributed by atoms with Gasteiger partial charge in [-0.25, -0.2) is 0 Å². The molecule has 0 aliphatic rings. The zero-order valence-electron chi connectivity index (χ0n) is 21.0. The quantitative estimate of drug-likeness (QED) is 0.127. The van der Waals surface area contributed by atoms with Gasteiger partial charge in [0.2, 0.25) is 0 Å². The van der Waals surface area contributed by atoms with Gasteiger partial charge in [0.25, 0.3) is 6.29 Å². The standard InChI is InChI=1S/C33H26O6/c34-30(21-11-24-7-3-1-4-8-24)26-13-17-28(18-14-26)38-33(23-32(36)37)39-29-19-15-27(16-20-29)31(35)22-12-25-9-5-2-6-10-25/h1-22,33H,23H2,(H,36,37)/b21-11+,22-12+. The third kappa shape index (κ3) is 8.40. The van der Waals surface area contributed by atoms with E-state index in [1.54, 1.807) is 60.7 Å². The van der Waals surface area contributed by atoms with E-state index < -0.39 is 18.7 Å². The van der Waals surface area contributed by atoms with E-state index in [9.17, 15) is 19.5 Å². The lowest BCUT2D eigenvalue weighted by Gasteiger charge is -2.19. The van der Waals surface area contributed by atoms with Crippen LogP contribution in [0.25, 0.3) is 12.2 Å². The fourth-order valence-corrected chi connectivity index (χ4v) is 3.61. The summed E-state index contributed by atoms with van der Waals surface area (Å²) in [6.45, 7) is 0. The van der Waals surface area contributed by atoms with Crippen molar-refractivity contribution in [1.82, 2.24) is 0 Å². The molecule has 194 valence electrons. The van der Waals surface area contributed by atoms with Crippen LogP contribution >= 0.6 is 0 Å². The minimum Gasteiger partial charge on any atom is -0.481 e. The summed E-state index contributed by atoms with van der Waals surface area (Å²) in [5.41, 5.74) is 2.76. The Hall–Kier alpha value is -5.23. The number of carboxylic acids is 1. The van der Waals surface area contributed by atoms with Crippen LogP contribution in [-0.4, -0.2) is 28.9 Å².